The topological polar surface area (TPSA) is 124 Å². The Hall–Kier alpha value is -3.63. The summed E-state index contributed by atoms with van der Waals surface area (Å²) in [6.07, 6.45) is 4.08. The Morgan fingerprint density at radius 3 is 2.30 bits per heavy atom. The van der Waals surface area contributed by atoms with Gasteiger partial charge in [0.15, 0.2) is 5.65 Å². The first-order valence-corrected chi connectivity index (χ1v) is 12.1. The van der Waals surface area contributed by atoms with Gasteiger partial charge in [-0.3, -0.25) is 4.79 Å². The lowest BCUT2D eigenvalue weighted by Crippen LogP contribution is -2.35. The summed E-state index contributed by atoms with van der Waals surface area (Å²) in [7, 11) is -3.58. The van der Waals surface area contributed by atoms with Gasteiger partial charge in [-0.05, 0) is 49.2 Å². The molecule has 2 aromatic carbocycles. The first-order valence-electron chi connectivity index (χ1n) is 10.7. The molecule has 1 fully saturated rings. The van der Waals surface area contributed by atoms with Crippen LogP contribution in [0.5, 0.6) is 0 Å². The third-order valence-electron chi connectivity index (χ3n) is 5.78. The Balaban J connectivity index is 1.53. The average molecular weight is 463 g/mol. The molecular formula is C23H22N6O3S. The maximum Gasteiger partial charge on any atom is 0.243 e. The highest BCUT2D eigenvalue weighted by molar-refractivity contribution is 7.89. The number of sulfonamides is 1. The van der Waals surface area contributed by atoms with Crippen LogP contribution in [0.2, 0.25) is 0 Å². The predicted molar refractivity (Wildman–Crippen MR) is 124 cm³/mol. The number of carbonyl (C=O) groups excluding carboxylic acids is 1. The van der Waals surface area contributed by atoms with Gasteiger partial charge in [0.25, 0.3) is 0 Å². The highest BCUT2D eigenvalue weighted by Gasteiger charge is 2.27. The Kier molecular flexibility index (Phi) is 5.39. The molecule has 1 aliphatic rings. The number of fused-ring (bicyclic) bond motifs is 1. The summed E-state index contributed by atoms with van der Waals surface area (Å²) in [5.74, 6) is -0.243. The van der Waals surface area contributed by atoms with Crippen molar-refractivity contribution in [2.24, 2.45) is 0 Å². The molecule has 5 rings (SSSR count). The zero-order valence-electron chi connectivity index (χ0n) is 17.8. The van der Waals surface area contributed by atoms with Crippen LogP contribution in [-0.4, -0.2) is 51.3 Å². The van der Waals surface area contributed by atoms with E-state index in [0.29, 0.717) is 29.7 Å². The van der Waals surface area contributed by atoms with Crippen LogP contribution in [-0.2, 0) is 10.0 Å². The SMILES string of the molecule is Nc1ncnc2c1c(C(=O)c1ccc(S(=O)(=O)N3CCCCC3)cc1)nn2-c1ccccc1. The summed E-state index contributed by atoms with van der Waals surface area (Å²) < 4.78 is 28.9. The van der Waals surface area contributed by atoms with Gasteiger partial charge in [-0.25, -0.2) is 23.1 Å². The van der Waals surface area contributed by atoms with E-state index in [2.05, 4.69) is 15.1 Å². The second kappa shape index (κ2) is 8.38. The molecule has 0 atom stereocenters. The molecule has 0 amide bonds. The highest BCUT2D eigenvalue weighted by Crippen LogP contribution is 2.27. The molecule has 9 nitrogen and oxygen atoms in total. The Morgan fingerprint density at radius 2 is 1.61 bits per heavy atom. The van der Waals surface area contributed by atoms with Gasteiger partial charge in [0, 0.05) is 18.7 Å². The second-order valence-corrected chi connectivity index (χ2v) is 9.81. The van der Waals surface area contributed by atoms with E-state index < -0.39 is 15.8 Å². The largest absolute Gasteiger partial charge is 0.383 e. The number of hydrogen-bond acceptors (Lipinski definition) is 7. The molecule has 0 radical (unpaired) electrons. The number of benzene rings is 2. The fourth-order valence-corrected chi connectivity index (χ4v) is 5.57. The molecule has 2 aromatic heterocycles. The van der Waals surface area contributed by atoms with E-state index >= 15 is 0 Å². The fourth-order valence-electron chi connectivity index (χ4n) is 4.05. The van der Waals surface area contributed by atoms with Crippen molar-refractivity contribution in [3.05, 3.63) is 72.2 Å². The summed E-state index contributed by atoms with van der Waals surface area (Å²) in [5.41, 5.74) is 7.64. The first kappa shape index (κ1) is 21.2. The van der Waals surface area contributed by atoms with E-state index in [4.69, 9.17) is 5.73 Å². The van der Waals surface area contributed by atoms with Crippen molar-refractivity contribution in [2.45, 2.75) is 24.2 Å². The Labute approximate surface area is 190 Å². The molecule has 0 saturated carbocycles. The molecule has 0 unspecified atom stereocenters. The highest BCUT2D eigenvalue weighted by atomic mass is 32.2. The van der Waals surface area contributed by atoms with E-state index in [0.717, 1.165) is 24.9 Å². The van der Waals surface area contributed by atoms with Crippen LogP contribution in [0.25, 0.3) is 16.7 Å². The number of aromatic nitrogens is 4. The van der Waals surface area contributed by atoms with E-state index in [-0.39, 0.29) is 16.4 Å². The van der Waals surface area contributed by atoms with Crippen LogP contribution in [0, 0.1) is 0 Å². The maximum absolute atomic E-state index is 13.4. The number of carbonyl (C=O) groups is 1. The van der Waals surface area contributed by atoms with Crippen LogP contribution in [0.4, 0.5) is 5.82 Å². The number of anilines is 1. The van der Waals surface area contributed by atoms with E-state index in [1.807, 2.05) is 30.3 Å². The van der Waals surface area contributed by atoms with Crippen LogP contribution in [0.3, 0.4) is 0 Å². The summed E-state index contributed by atoms with van der Waals surface area (Å²) in [4.78, 5) is 21.9. The molecule has 2 N–H and O–H groups in total. The number of nitrogen functional groups attached to an aromatic ring is 1. The van der Waals surface area contributed by atoms with Crippen LogP contribution < -0.4 is 5.73 Å². The van der Waals surface area contributed by atoms with Gasteiger partial charge in [0.1, 0.15) is 17.8 Å². The second-order valence-electron chi connectivity index (χ2n) is 7.87. The average Bonchev–Trinajstić information content (AvgIpc) is 3.26. The molecule has 10 heteroatoms. The van der Waals surface area contributed by atoms with Gasteiger partial charge >= 0.3 is 0 Å². The van der Waals surface area contributed by atoms with Crippen molar-refractivity contribution in [3.63, 3.8) is 0 Å². The molecule has 4 aromatic rings. The minimum absolute atomic E-state index is 0.110. The lowest BCUT2D eigenvalue weighted by molar-refractivity contribution is 0.103. The molecule has 1 aliphatic heterocycles. The zero-order chi connectivity index (χ0) is 23.0. The van der Waals surface area contributed by atoms with Crippen molar-refractivity contribution in [2.75, 3.05) is 18.8 Å². The summed E-state index contributed by atoms with van der Waals surface area (Å²) in [5, 5.41) is 4.86. The molecule has 1 saturated heterocycles. The monoisotopic (exact) mass is 462 g/mol. The lowest BCUT2D eigenvalue weighted by Gasteiger charge is -2.25. The molecule has 168 valence electrons. The number of nitrogens with two attached hydrogens (primary N) is 1. The number of hydrogen-bond donors (Lipinski definition) is 1. The standard InChI is InChI=1S/C23H22N6O3S/c24-22-19-20(27-29(23(19)26-15-25-22)17-7-3-1-4-8-17)21(30)16-9-11-18(12-10-16)33(31,32)28-13-5-2-6-14-28/h1,3-4,7-12,15H,2,5-6,13-14H2,(H2,24,25,26). The van der Waals surface area contributed by atoms with Gasteiger partial charge in [0.05, 0.1) is 16.0 Å². The van der Waals surface area contributed by atoms with Crippen molar-refractivity contribution in [1.29, 1.82) is 0 Å². The minimum atomic E-state index is -3.58. The third-order valence-corrected chi connectivity index (χ3v) is 7.69. The van der Waals surface area contributed by atoms with E-state index in [1.165, 1.54) is 34.9 Å². The lowest BCUT2D eigenvalue weighted by atomic mass is 10.1. The smallest absolute Gasteiger partial charge is 0.243 e. The van der Waals surface area contributed by atoms with Gasteiger partial charge in [-0.2, -0.15) is 9.40 Å². The Bertz CT molecular complexity index is 1430. The van der Waals surface area contributed by atoms with Gasteiger partial charge in [0.2, 0.25) is 15.8 Å². The molecular weight excluding hydrogens is 440 g/mol. The van der Waals surface area contributed by atoms with Crippen LogP contribution in [0.15, 0.2) is 65.8 Å². The number of ketones is 1. The quantitative estimate of drug-likeness (QED) is 0.452. The van der Waals surface area contributed by atoms with Crippen LogP contribution in [0.1, 0.15) is 35.3 Å². The number of piperidine rings is 1. The fraction of sp³-hybridized carbons (Fsp3) is 0.217. The predicted octanol–water partition coefficient (Wildman–Crippen LogP) is 2.80. The summed E-state index contributed by atoms with van der Waals surface area (Å²) in [6, 6.07) is 15.2. The summed E-state index contributed by atoms with van der Waals surface area (Å²) in [6.45, 7) is 1.04. The van der Waals surface area contributed by atoms with Gasteiger partial charge in [-0.15, -0.1) is 0 Å². The molecule has 0 bridgehead atoms. The van der Waals surface area contributed by atoms with Gasteiger partial charge in [-0.1, -0.05) is 24.6 Å². The van der Waals surface area contributed by atoms with Crippen molar-refractivity contribution >= 4 is 32.7 Å². The molecule has 0 spiro atoms. The molecule has 3 heterocycles. The van der Waals surface area contributed by atoms with Crippen molar-refractivity contribution in [3.8, 4) is 5.69 Å². The Morgan fingerprint density at radius 1 is 0.909 bits per heavy atom. The van der Waals surface area contributed by atoms with Crippen LogP contribution >= 0.6 is 0 Å². The van der Waals surface area contributed by atoms with Gasteiger partial charge < -0.3 is 5.73 Å². The summed E-state index contributed by atoms with van der Waals surface area (Å²) >= 11 is 0. The minimum Gasteiger partial charge on any atom is -0.383 e. The third kappa shape index (κ3) is 3.77. The zero-order valence-corrected chi connectivity index (χ0v) is 18.6. The number of para-hydroxylation sites is 1. The maximum atomic E-state index is 13.4. The van der Waals surface area contributed by atoms with Crippen molar-refractivity contribution < 1.29 is 13.2 Å². The van der Waals surface area contributed by atoms with Crippen molar-refractivity contribution in [1.82, 2.24) is 24.1 Å². The first-order chi connectivity index (χ1) is 16.0. The van der Waals surface area contributed by atoms with E-state index in [1.54, 1.807) is 4.68 Å². The van der Waals surface area contributed by atoms with E-state index in [9.17, 15) is 13.2 Å². The molecule has 0 aliphatic carbocycles. The number of rotatable bonds is 5. The number of nitrogens with zero attached hydrogens (tertiary/aromatic N) is 5. The molecule has 33 heavy (non-hydrogen) atoms. The normalized spacial score (nSPS) is 15.0.